The first-order valence-corrected chi connectivity index (χ1v) is 9.51. The number of piperazine rings is 1. The average molecular weight is 360 g/mol. The molecule has 1 fully saturated rings. The average Bonchev–Trinajstić information content (AvgIpc) is 3.18. The van der Waals surface area contributed by atoms with Gasteiger partial charge < -0.3 is 14.7 Å². The molecule has 1 unspecified atom stereocenters. The molecule has 1 aliphatic rings. The number of rotatable bonds is 6. The van der Waals surface area contributed by atoms with Crippen molar-refractivity contribution in [2.75, 3.05) is 39.3 Å². The lowest BCUT2D eigenvalue weighted by Crippen LogP contribution is -2.49. The highest BCUT2D eigenvalue weighted by molar-refractivity contribution is 7.10. The lowest BCUT2D eigenvalue weighted by atomic mass is 10.1. The first kappa shape index (κ1) is 17.9. The Hall–Kier alpha value is -1.89. The van der Waals surface area contributed by atoms with Crippen molar-refractivity contribution in [2.45, 2.75) is 13.0 Å². The summed E-state index contributed by atoms with van der Waals surface area (Å²) in [6.45, 7) is 6.11. The summed E-state index contributed by atoms with van der Waals surface area (Å²) in [4.78, 5) is 17.7. The fraction of sp³-hybridized carbons (Fsp3) is 0.421. The van der Waals surface area contributed by atoms with E-state index in [9.17, 15) is 9.90 Å². The van der Waals surface area contributed by atoms with Crippen molar-refractivity contribution < 1.29 is 14.6 Å². The minimum Gasteiger partial charge on any atom is -0.494 e. The van der Waals surface area contributed by atoms with E-state index in [-0.39, 0.29) is 5.91 Å². The molecule has 2 aromatic rings. The highest BCUT2D eigenvalue weighted by Crippen LogP contribution is 2.21. The zero-order valence-electron chi connectivity index (χ0n) is 14.4. The maximum absolute atomic E-state index is 12.6. The van der Waals surface area contributed by atoms with Crippen LogP contribution in [0.4, 0.5) is 0 Å². The Morgan fingerprint density at radius 3 is 2.52 bits per heavy atom. The van der Waals surface area contributed by atoms with Crippen LogP contribution in [0.3, 0.4) is 0 Å². The monoisotopic (exact) mass is 360 g/mol. The van der Waals surface area contributed by atoms with E-state index in [1.165, 1.54) is 0 Å². The van der Waals surface area contributed by atoms with Gasteiger partial charge in [-0.15, -0.1) is 11.3 Å². The molecule has 1 aromatic heterocycles. The lowest BCUT2D eigenvalue weighted by Gasteiger charge is -2.35. The van der Waals surface area contributed by atoms with Crippen molar-refractivity contribution in [3.63, 3.8) is 0 Å². The van der Waals surface area contributed by atoms with Crippen molar-refractivity contribution in [1.82, 2.24) is 9.80 Å². The van der Waals surface area contributed by atoms with E-state index in [2.05, 4.69) is 4.90 Å². The predicted molar refractivity (Wildman–Crippen MR) is 99.2 cm³/mol. The molecule has 1 N–H and O–H groups in total. The van der Waals surface area contributed by atoms with Crippen molar-refractivity contribution >= 4 is 17.2 Å². The summed E-state index contributed by atoms with van der Waals surface area (Å²) >= 11 is 1.58. The van der Waals surface area contributed by atoms with Crippen LogP contribution in [-0.4, -0.2) is 60.1 Å². The smallest absolute Gasteiger partial charge is 0.253 e. The zero-order chi connectivity index (χ0) is 17.6. The Balaban J connectivity index is 1.50. The normalized spacial score (nSPS) is 16.6. The van der Waals surface area contributed by atoms with Gasteiger partial charge in [-0.25, -0.2) is 0 Å². The molecule has 2 heterocycles. The first-order chi connectivity index (χ1) is 12.2. The maximum Gasteiger partial charge on any atom is 0.253 e. The number of nitrogens with zero attached hydrogens (tertiary/aromatic N) is 2. The van der Waals surface area contributed by atoms with Crippen LogP contribution in [0.2, 0.25) is 0 Å². The van der Waals surface area contributed by atoms with Crippen LogP contribution in [0.1, 0.15) is 28.3 Å². The van der Waals surface area contributed by atoms with E-state index >= 15 is 0 Å². The van der Waals surface area contributed by atoms with Crippen LogP contribution in [0, 0.1) is 0 Å². The highest BCUT2D eigenvalue weighted by atomic mass is 32.1. The molecular formula is C19H24N2O3S. The molecule has 0 bridgehead atoms. The van der Waals surface area contributed by atoms with Gasteiger partial charge in [-0.2, -0.15) is 0 Å². The molecule has 0 radical (unpaired) electrons. The summed E-state index contributed by atoms with van der Waals surface area (Å²) in [5, 5.41) is 12.2. The molecule has 134 valence electrons. The predicted octanol–water partition coefficient (Wildman–Crippen LogP) is 2.64. The van der Waals surface area contributed by atoms with Gasteiger partial charge in [-0.3, -0.25) is 9.69 Å². The van der Waals surface area contributed by atoms with Gasteiger partial charge in [0.05, 0.1) is 6.61 Å². The zero-order valence-corrected chi connectivity index (χ0v) is 15.2. The lowest BCUT2D eigenvalue weighted by molar-refractivity contribution is 0.0533. The number of thiophene rings is 1. The Morgan fingerprint density at radius 2 is 1.92 bits per heavy atom. The van der Waals surface area contributed by atoms with Crippen LogP contribution in [0.5, 0.6) is 5.75 Å². The Labute approximate surface area is 152 Å². The molecule has 1 atom stereocenters. The van der Waals surface area contributed by atoms with Gasteiger partial charge in [0.25, 0.3) is 5.91 Å². The van der Waals surface area contributed by atoms with E-state index in [1.54, 1.807) is 11.3 Å². The topological polar surface area (TPSA) is 53.0 Å². The van der Waals surface area contributed by atoms with Crippen molar-refractivity contribution in [2.24, 2.45) is 0 Å². The Kier molecular flexibility index (Phi) is 6.07. The van der Waals surface area contributed by atoms with Crippen LogP contribution < -0.4 is 4.74 Å². The van der Waals surface area contributed by atoms with E-state index in [0.29, 0.717) is 31.8 Å². The van der Waals surface area contributed by atoms with Gasteiger partial charge in [0.1, 0.15) is 11.9 Å². The second kappa shape index (κ2) is 8.47. The van der Waals surface area contributed by atoms with Crippen molar-refractivity contribution in [1.29, 1.82) is 0 Å². The number of aliphatic hydroxyl groups excluding tert-OH is 1. The molecule has 0 spiro atoms. The summed E-state index contributed by atoms with van der Waals surface area (Å²) in [6, 6.07) is 11.2. The molecule has 1 saturated heterocycles. The number of carbonyl (C=O) groups excluding carboxylic acids is 1. The van der Waals surface area contributed by atoms with Crippen LogP contribution in [0.15, 0.2) is 41.8 Å². The third kappa shape index (κ3) is 4.60. The van der Waals surface area contributed by atoms with Crippen LogP contribution in [-0.2, 0) is 0 Å². The molecule has 5 nitrogen and oxygen atoms in total. The number of benzene rings is 1. The van der Waals surface area contributed by atoms with Gasteiger partial charge in [-0.05, 0) is 42.6 Å². The number of carbonyl (C=O) groups is 1. The van der Waals surface area contributed by atoms with Gasteiger partial charge in [0, 0.05) is 43.2 Å². The second-order valence-electron chi connectivity index (χ2n) is 6.08. The summed E-state index contributed by atoms with van der Waals surface area (Å²) in [6.07, 6.45) is -0.451. The largest absolute Gasteiger partial charge is 0.494 e. The molecule has 1 amide bonds. The summed E-state index contributed by atoms with van der Waals surface area (Å²) in [5.41, 5.74) is 0.690. The van der Waals surface area contributed by atoms with Gasteiger partial charge in [0.15, 0.2) is 0 Å². The van der Waals surface area contributed by atoms with Crippen molar-refractivity contribution in [3.05, 3.63) is 52.2 Å². The quantitative estimate of drug-likeness (QED) is 0.860. The number of aliphatic hydroxyl groups is 1. The molecule has 1 aromatic carbocycles. The standard InChI is InChI=1S/C19H24N2O3S/c1-2-24-16-7-5-15(6-8-16)19(23)21-11-9-20(10-12-21)14-17(22)18-4-3-13-25-18/h3-8,13,17,22H,2,9-12,14H2,1H3. The van der Waals surface area contributed by atoms with Gasteiger partial charge in [0.2, 0.25) is 0 Å². The molecule has 0 aliphatic carbocycles. The van der Waals surface area contributed by atoms with Gasteiger partial charge >= 0.3 is 0 Å². The maximum atomic E-state index is 12.6. The summed E-state index contributed by atoms with van der Waals surface area (Å²) in [7, 11) is 0. The van der Waals surface area contributed by atoms with Gasteiger partial charge in [-0.1, -0.05) is 6.07 Å². The number of ether oxygens (including phenoxy) is 1. The molecule has 0 saturated carbocycles. The first-order valence-electron chi connectivity index (χ1n) is 8.63. The number of amides is 1. The van der Waals surface area contributed by atoms with Crippen LogP contribution >= 0.6 is 11.3 Å². The molecule has 1 aliphatic heterocycles. The Morgan fingerprint density at radius 1 is 1.20 bits per heavy atom. The molecular weight excluding hydrogens is 336 g/mol. The van der Waals surface area contributed by atoms with Crippen molar-refractivity contribution in [3.8, 4) is 5.75 Å². The Bertz CT molecular complexity index is 664. The van der Waals surface area contributed by atoms with E-state index < -0.39 is 6.10 Å². The summed E-state index contributed by atoms with van der Waals surface area (Å²) in [5.74, 6) is 0.841. The SMILES string of the molecule is CCOc1ccc(C(=O)N2CCN(CC(O)c3cccs3)CC2)cc1. The fourth-order valence-electron chi connectivity index (χ4n) is 2.99. The molecule has 3 rings (SSSR count). The number of hydrogen-bond donors (Lipinski definition) is 1. The number of hydrogen-bond acceptors (Lipinski definition) is 5. The fourth-order valence-corrected chi connectivity index (χ4v) is 3.69. The second-order valence-corrected chi connectivity index (χ2v) is 7.06. The van der Waals surface area contributed by atoms with E-state index in [0.717, 1.165) is 23.7 Å². The minimum atomic E-state index is -0.451. The minimum absolute atomic E-state index is 0.0569. The molecule has 25 heavy (non-hydrogen) atoms. The van der Waals surface area contributed by atoms with E-state index in [1.807, 2.05) is 53.6 Å². The third-order valence-corrected chi connectivity index (χ3v) is 5.35. The third-order valence-electron chi connectivity index (χ3n) is 4.37. The number of β-amino-alcohol motifs (C(OH)–C–C–N with tert-alkyl or cyclic N) is 1. The highest BCUT2D eigenvalue weighted by Gasteiger charge is 2.24. The van der Waals surface area contributed by atoms with E-state index in [4.69, 9.17) is 4.74 Å². The molecule has 6 heteroatoms. The summed E-state index contributed by atoms with van der Waals surface area (Å²) < 4.78 is 5.41. The van der Waals surface area contributed by atoms with Crippen LogP contribution in [0.25, 0.3) is 0 Å².